The molecule has 3 heteroatoms. The molecule has 1 atom stereocenters. The quantitative estimate of drug-likeness (QED) is 0.107. The molecule has 1 unspecified atom stereocenters. The van der Waals surface area contributed by atoms with Crippen molar-refractivity contribution in [1.82, 2.24) is 0 Å². The summed E-state index contributed by atoms with van der Waals surface area (Å²) in [5.74, 6) is 1.52. The van der Waals surface area contributed by atoms with E-state index in [2.05, 4.69) is 43.4 Å². The Morgan fingerprint density at radius 1 is 0.722 bits per heavy atom. The Morgan fingerprint density at radius 3 is 1.97 bits per heavy atom. The zero-order valence-corrected chi connectivity index (χ0v) is 23.6. The minimum absolute atomic E-state index is 0.307. The van der Waals surface area contributed by atoms with Gasteiger partial charge in [0.05, 0.1) is 13.7 Å². The topological polar surface area (TPSA) is 38.7 Å². The molecule has 0 radical (unpaired) electrons. The number of unbranched alkanes of at least 4 members (excludes halogenated alkanes) is 10. The van der Waals surface area contributed by atoms with E-state index in [4.69, 9.17) is 9.47 Å². The highest BCUT2D eigenvalue weighted by Crippen LogP contribution is 2.20. The van der Waals surface area contributed by atoms with Gasteiger partial charge in [0.15, 0.2) is 0 Å². The van der Waals surface area contributed by atoms with Crippen molar-refractivity contribution in [3.63, 3.8) is 0 Å². The molecule has 0 bridgehead atoms. The predicted octanol–water partition coefficient (Wildman–Crippen LogP) is 9.58. The van der Waals surface area contributed by atoms with Gasteiger partial charge in [0.1, 0.15) is 5.75 Å². The summed E-state index contributed by atoms with van der Waals surface area (Å²) in [5, 5.41) is 9.42. The van der Waals surface area contributed by atoms with E-state index in [1.54, 1.807) is 7.11 Å². The van der Waals surface area contributed by atoms with Crippen molar-refractivity contribution < 1.29 is 14.6 Å². The van der Waals surface area contributed by atoms with E-state index in [9.17, 15) is 5.11 Å². The molecule has 1 N–H and O–H groups in total. The van der Waals surface area contributed by atoms with Gasteiger partial charge in [-0.05, 0) is 75.0 Å². The lowest BCUT2D eigenvalue weighted by Crippen LogP contribution is -2.06. The average molecular weight is 501 g/mol. The molecule has 0 spiro atoms. The molecule has 1 aromatic rings. The third-order valence-corrected chi connectivity index (χ3v) is 6.93. The van der Waals surface area contributed by atoms with Gasteiger partial charge in [0.25, 0.3) is 0 Å². The van der Waals surface area contributed by atoms with Gasteiger partial charge in [-0.25, -0.2) is 0 Å². The number of rotatable bonds is 25. The van der Waals surface area contributed by atoms with Crippen LogP contribution in [-0.2, 0) is 11.3 Å². The van der Waals surface area contributed by atoms with E-state index >= 15 is 0 Å². The van der Waals surface area contributed by atoms with Gasteiger partial charge in [-0.3, -0.25) is 0 Å². The van der Waals surface area contributed by atoms with Crippen molar-refractivity contribution in [2.75, 3.05) is 20.3 Å². The van der Waals surface area contributed by atoms with Gasteiger partial charge in [0, 0.05) is 13.2 Å². The Labute approximate surface area is 223 Å². The number of allylic oxidation sites excluding steroid dienone is 4. The predicted molar refractivity (Wildman–Crippen MR) is 156 cm³/mol. The van der Waals surface area contributed by atoms with E-state index < -0.39 is 0 Å². The molecule has 1 aromatic carbocycles. The average Bonchev–Trinajstić information content (AvgIpc) is 2.90. The lowest BCUT2D eigenvalue weighted by molar-refractivity contribution is 0.111. The molecule has 0 fully saturated rings. The van der Waals surface area contributed by atoms with Gasteiger partial charge in [-0.2, -0.15) is 0 Å². The summed E-state index contributed by atoms with van der Waals surface area (Å²) in [7, 11) is 1.69. The van der Waals surface area contributed by atoms with Gasteiger partial charge in [0.2, 0.25) is 0 Å². The van der Waals surface area contributed by atoms with Crippen LogP contribution in [0.4, 0.5) is 0 Å². The van der Waals surface area contributed by atoms with Crippen molar-refractivity contribution in [2.45, 2.75) is 123 Å². The summed E-state index contributed by atoms with van der Waals surface area (Å²) in [4.78, 5) is 0. The molecule has 0 aliphatic rings. The Hall–Kier alpha value is -1.58. The maximum absolute atomic E-state index is 9.42. The molecule has 1 rings (SSSR count). The van der Waals surface area contributed by atoms with E-state index in [0.29, 0.717) is 19.1 Å². The fourth-order valence-electron chi connectivity index (χ4n) is 4.60. The molecule has 206 valence electrons. The van der Waals surface area contributed by atoms with Gasteiger partial charge >= 0.3 is 0 Å². The third-order valence-electron chi connectivity index (χ3n) is 6.93. The number of aliphatic hydroxyl groups is 1. The summed E-state index contributed by atoms with van der Waals surface area (Å²) in [6, 6.07) is 8.06. The molecule has 0 aromatic heterocycles. The number of methoxy groups -OCH3 is 1. The van der Waals surface area contributed by atoms with E-state index in [1.807, 2.05) is 12.1 Å². The lowest BCUT2D eigenvalue weighted by Gasteiger charge is -2.15. The minimum Gasteiger partial charge on any atom is -0.497 e. The smallest absolute Gasteiger partial charge is 0.118 e. The van der Waals surface area contributed by atoms with Crippen LogP contribution in [-0.4, -0.2) is 25.4 Å². The molecule has 36 heavy (non-hydrogen) atoms. The lowest BCUT2D eigenvalue weighted by atomic mass is 9.93. The first-order valence-corrected chi connectivity index (χ1v) is 14.9. The molecule has 0 aliphatic heterocycles. The van der Waals surface area contributed by atoms with Gasteiger partial charge in [-0.1, -0.05) is 101 Å². The Balaban J connectivity index is 1.93. The van der Waals surface area contributed by atoms with Crippen molar-refractivity contribution in [2.24, 2.45) is 5.92 Å². The first-order valence-electron chi connectivity index (χ1n) is 14.9. The standard InChI is InChI=1S/C33H56O3/c1-3-4-5-6-7-8-9-10-11-12-13-14-15-16-17-18-19-21-31(27-28-34)22-20-29-36-30-32-23-25-33(35-2)26-24-32/h7-8,10-11,23-26,31,34H,3-6,9,12-22,27-30H2,1-2H3. The molecule has 3 nitrogen and oxygen atoms in total. The number of hydrogen-bond donors (Lipinski definition) is 1. The highest BCUT2D eigenvalue weighted by Gasteiger charge is 2.08. The van der Waals surface area contributed by atoms with Crippen LogP contribution in [0.25, 0.3) is 0 Å². The molecular weight excluding hydrogens is 444 g/mol. The van der Waals surface area contributed by atoms with Crippen molar-refractivity contribution >= 4 is 0 Å². The first-order chi connectivity index (χ1) is 17.8. The van der Waals surface area contributed by atoms with Crippen molar-refractivity contribution in [3.05, 3.63) is 54.1 Å². The Kier molecular flexibility index (Phi) is 22.6. The maximum atomic E-state index is 9.42. The number of aliphatic hydroxyl groups excluding tert-OH is 1. The second-order valence-electron chi connectivity index (χ2n) is 10.1. The fraction of sp³-hybridized carbons (Fsp3) is 0.697. The monoisotopic (exact) mass is 500 g/mol. The largest absolute Gasteiger partial charge is 0.497 e. The minimum atomic E-state index is 0.307. The molecule has 0 saturated carbocycles. The van der Waals surface area contributed by atoms with E-state index in [1.165, 1.54) is 89.0 Å². The summed E-state index contributed by atoms with van der Waals surface area (Å²) >= 11 is 0. The molecular formula is C33H56O3. The molecule has 0 aliphatic carbocycles. The SMILES string of the molecule is CCCCCC=CCC=CCCCCCCCCCC(CCO)CCCOCc1ccc(OC)cc1. The number of ether oxygens (including phenoxy) is 2. The normalized spacial score (nSPS) is 12.6. The maximum Gasteiger partial charge on any atom is 0.118 e. The molecule has 0 amide bonds. The van der Waals surface area contributed by atoms with Crippen LogP contribution in [0, 0.1) is 5.92 Å². The molecule has 0 saturated heterocycles. The van der Waals surface area contributed by atoms with E-state index in [-0.39, 0.29) is 0 Å². The zero-order chi connectivity index (χ0) is 25.9. The van der Waals surface area contributed by atoms with Gasteiger partial charge in [-0.15, -0.1) is 0 Å². The summed E-state index contributed by atoms with van der Waals surface area (Å²) in [6.07, 6.45) is 30.7. The molecule has 0 heterocycles. The van der Waals surface area contributed by atoms with Crippen molar-refractivity contribution in [3.8, 4) is 5.75 Å². The van der Waals surface area contributed by atoms with Crippen LogP contribution in [0.5, 0.6) is 5.75 Å². The second kappa shape index (κ2) is 25.1. The van der Waals surface area contributed by atoms with Crippen molar-refractivity contribution in [1.29, 1.82) is 0 Å². The number of benzene rings is 1. The third kappa shape index (κ3) is 19.6. The summed E-state index contributed by atoms with van der Waals surface area (Å²) in [6.45, 7) is 4.01. The van der Waals surface area contributed by atoms with Crippen LogP contribution in [0.2, 0.25) is 0 Å². The van der Waals surface area contributed by atoms with Crippen LogP contribution in [0.3, 0.4) is 0 Å². The van der Waals surface area contributed by atoms with Gasteiger partial charge < -0.3 is 14.6 Å². The Morgan fingerprint density at radius 2 is 1.33 bits per heavy atom. The van der Waals surface area contributed by atoms with Crippen LogP contribution >= 0.6 is 0 Å². The fourth-order valence-corrected chi connectivity index (χ4v) is 4.60. The Bertz CT molecular complexity index is 635. The van der Waals surface area contributed by atoms with Crippen LogP contribution < -0.4 is 4.74 Å². The highest BCUT2D eigenvalue weighted by atomic mass is 16.5. The number of hydrogen-bond acceptors (Lipinski definition) is 3. The van der Waals surface area contributed by atoms with E-state index in [0.717, 1.165) is 38.0 Å². The summed E-state index contributed by atoms with van der Waals surface area (Å²) < 4.78 is 11.0. The van der Waals surface area contributed by atoms with Crippen LogP contribution in [0.15, 0.2) is 48.6 Å². The zero-order valence-electron chi connectivity index (χ0n) is 23.6. The second-order valence-corrected chi connectivity index (χ2v) is 10.1. The van der Waals surface area contributed by atoms with Crippen LogP contribution in [0.1, 0.15) is 122 Å². The first kappa shape index (κ1) is 32.4. The summed E-state index contributed by atoms with van der Waals surface area (Å²) in [5.41, 5.74) is 1.18. The highest BCUT2D eigenvalue weighted by molar-refractivity contribution is 5.26.